The molecule has 4 amide bonds. The molecule has 1 aromatic heterocycles. The van der Waals surface area contributed by atoms with Gasteiger partial charge < -0.3 is 15.4 Å². The summed E-state index contributed by atoms with van der Waals surface area (Å²) in [7, 11) is 0. The molecule has 1 aliphatic heterocycles. The fourth-order valence-electron chi connectivity index (χ4n) is 2.88. The Morgan fingerprint density at radius 1 is 1.17 bits per heavy atom. The predicted octanol–water partition coefficient (Wildman–Crippen LogP) is 1.70. The second-order valence-corrected chi connectivity index (χ2v) is 7.13. The molecule has 10 heteroatoms. The molecule has 0 aliphatic carbocycles. The third kappa shape index (κ3) is 4.65. The third-order valence-corrected chi connectivity index (χ3v) is 4.53. The van der Waals surface area contributed by atoms with Gasteiger partial charge in [0.05, 0.1) is 24.8 Å². The lowest BCUT2D eigenvalue weighted by atomic mass is 10.1. The number of anilines is 1. The molecule has 1 aliphatic rings. The van der Waals surface area contributed by atoms with Crippen LogP contribution in [0.25, 0.3) is 0 Å². The van der Waals surface area contributed by atoms with Crippen molar-refractivity contribution < 1.29 is 23.9 Å². The molecule has 10 nitrogen and oxygen atoms in total. The number of esters is 1. The first kappa shape index (κ1) is 21.0. The molecule has 30 heavy (non-hydrogen) atoms. The van der Waals surface area contributed by atoms with Crippen LogP contribution in [0.15, 0.2) is 36.5 Å². The number of nitrogens with one attached hydrogen (secondary N) is 2. The second kappa shape index (κ2) is 8.76. The van der Waals surface area contributed by atoms with Crippen LogP contribution in [0.1, 0.15) is 42.7 Å². The Balaban J connectivity index is 1.57. The van der Waals surface area contributed by atoms with Crippen molar-refractivity contribution in [1.82, 2.24) is 20.0 Å². The van der Waals surface area contributed by atoms with Crippen molar-refractivity contribution in [3.05, 3.63) is 47.7 Å². The molecule has 0 bridgehead atoms. The van der Waals surface area contributed by atoms with Crippen LogP contribution in [0.4, 0.5) is 10.6 Å². The van der Waals surface area contributed by atoms with Crippen LogP contribution in [0.2, 0.25) is 0 Å². The Kier molecular flexibility index (Phi) is 6.14. The van der Waals surface area contributed by atoms with Gasteiger partial charge in [-0.25, -0.2) is 14.3 Å². The molecule has 2 heterocycles. The number of carbonyl (C=O) groups excluding carboxylic acids is 4. The highest BCUT2D eigenvalue weighted by atomic mass is 16.5. The molecule has 1 fully saturated rings. The lowest BCUT2D eigenvalue weighted by Gasteiger charge is -2.16. The number of aromatic nitrogens is 2. The summed E-state index contributed by atoms with van der Waals surface area (Å²) in [5, 5.41) is 9.28. The Hall–Kier alpha value is -3.69. The number of urea groups is 1. The van der Waals surface area contributed by atoms with Gasteiger partial charge in [0, 0.05) is 12.1 Å². The van der Waals surface area contributed by atoms with E-state index in [4.69, 9.17) is 4.74 Å². The van der Waals surface area contributed by atoms with Crippen LogP contribution < -0.4 is 10.6 Å². The zero-order valence-corrected chi connectivity index (χ0v) is 16.9. The first-order valence-corrected chi connectivity index (χ1v) is 9.48. The van der Waals surface area contributed by atoms with Crippen LogP contribution in [-0.4, -0.2) is 51.1 Å². The number of nitrogens with zero attached hydrogens (tertiary/aromatic N) is 3. The van der Waals surface area contributed by atoms with E-state index in [2.05, 4.69) is 15.7 Å². The van der Waals surface area contributed by atoms with Gasteiger partial charge in [-0.1, -0.05) is 12.1 Å². The molecule has 0 spiro atoms. The second-order valence-electron chi connectivity index (χ2n) is 7.13. The van der Waals surface area contributed by atoms with Gasteiger partial charge in [-0.2, -0.15) is 5.10 Å². The summed E-state index contributed by atoms with van der Waals surface area (Å²) in [5.41, 5.74) is 0.938. The summed E-state index contributed by atoms with van der Waals surface area (Å²) < 4.78 is 6.89. The molecule has 0 saturated carbocycles. The SMILES string of the molecule is CC(OC(=O)c1ccc(CN2C(=O)CNC2=O)cc1)C(=O)Nc1ccnn1C(C)C. The van der Waals surface area contributed by atoms with E-state index >= 15 is 0 Å². The van der Waals surface area contributed by atoms with E-state index in [-0.39, 0.29) is 30.6 Å². The number of hydrogen-bond acceptors (Lipinski definition) is 6. The summed E-state index contributed by atoms with van der Waals surface area (Å²) in [6, 6.07) is 7.58. The van der Waals surface area contributed by atoms with Gasteiger partial charge >= 0.3 is 12.0 Å². The smallest absolute Gasteiger partial charge is 0.338 e. The van der Waals surface area contributed by atoms with Crippen LogP contribution in [0.5, 0.6) is 0 Å². The molecule has 2 N–H and O–H groups in total. The number of rotatable bonds is 7. The fraction of sp³-hybridized carbons (Fsp3) is 0.350. The van der Waals surface area contributed by atoms with Crippen molar-refractivity contribution in [3.63, 3.8) is 0 Å². The van der Waals surface area contributed by atoms with E-state index in [1.54, 1.807) is 29.1 Å². The van der Waals surface area contributed by atoms with Gasteiger partial charge in [0.2, 0.25) is 5.91 Å². The molecular formula is C20H23N5O5. The van der Waals surface area contributed by atoms with E-state index in [1.807, 2.05) is 13.8 Å². The topological polar surface area (TPSA) is 123 Å². The Morgan fingerprint density at radius 2 is 1.87 bits per heavy atom. The van der Waals surface area contributed by atoms with Gasteiger partial charge in [0.1, 0.15) is 5.82 Å². The highest BCUT2D eigenvalue weighted by Gasteiger charge is 2.28. The number of ether oxygens (including phenoxy) is 1. The van der Waals surface area contributed by atoms with Crippen LogP contribution in [-0.2, 0) is 20.9 Å². The van der Waals surface area contributed by atoms with Crippen LogP contribution >= 0.6 is 0 Å². The minimum Gasteiger partial charge on any atom is -0.449 e. The van der Waals surface area contributed by atoms with Gasteiger partial charge in [-0.15, -0.1) is 0 Å². The van der Waals surface area contributed by atoms with Crippen molar-refractivity contribution >= 4 is 29.6 Å². The summed E-state index contributed by atoms with van der Waals surface area (Å²) in [6.07, 6.45) is 0.561. The number of carbonyl (C=O) groups is 4. The molecule has 1 aromatic carbocycles. The summed E-state index contributed by atoms with van der Waals surface area (Å²) in [5.74, 6) is -0.914. The Bertz CT molecular complexity index is 950. The molecule has 3 rings (SSSR count). The number of amides is 4. The molecule has 1 saturated heterocycles. The Morgan fingerprint density at radius 3 is 2.47 bits per heavy atom. The molecule has 2 aromatic rings. The third-order valence-electron chi connectivity index (χ3n) is 4.53. The summed E-state index contributed by atoms with van der Waals surface area (Å²) >= 11 is 0. The maximum Gasteiger partial charge on any atom is 0.338 e. The first-order valence-electron chi connectivity index (χ1n) is 9.48. The number of hydrogen-bond donors (Lipinski definition) is 2. The molecule has 1 atom stereocenters. The molecular weight excluding hydrogens is 390 g/mol. The molecule has 0 radical (unpaired) electrons. The van der Waals surface area contributed by atoms with Crippen molar-refractivity contribution in [3.8, 4) is 0 Å². The largest absolute Gasteiger partial charge is 0.449 e. The van der Waals surface area contributed by atoms with Crippen LogP contribution in [0.3, 0.4) is 0 Å². The molecule has 1 unspecified atom stereocenters. The highest BCUT2D eigenvalue weighted by Crippen LogP contribution is 2.15. The van der Waals surface area contributed by atoms with E-state index in [1.165, 1.54) is 19.1 Å². The Labute approximate surface area is 173 Å². The average molecular weight is 413 g/mol. The van der Waals surface area contributed by atoms with Gasteiger partial charge in [0.25, 0.3) is 5.91 Å². The van der Waals surface area contributed by atoms with Gasteiger partial charge in [-0.3, -0.25) is 14.5 Å². The normalized spacial score (nSPS) is 14.6. The maximum absolute atomic E-state index is 12.4. The minimum absolute atomic E-state index is 0.0127. The van der Waals surface area contributed by atoms with E-state index < -0.39 is 24.0 Å². The van der Waals surface area contributed by atoms with E-state index in [0.29, 0.717) is 11.4 Å². The van der Waals surface area contributed by atoms with Crippen LogP contribution in [0, 0.1) is 0 Å². The van der Waals surface area contributed by atoms with Gasteiger partial charge in [0.15, 0.2) is 6.10 Å². The van der Waals surface area contributed by atoms with Crippen molar-refractivity contribution in [1.29, 1.82) is 0 Å². The zero-order chi connectivity index (χ0) is 21.8. The molecule has 158 valence electrons. The zero-order valence-electron chi connectivity index (χ0n) is 16.9. The quantitative estimate of drug-likeness (QED) is 0.526. The lowest BCUT2D eigenvalue weighted by Crippen LogP contribution is -2.31. The minimum atomic E-state index is -1.02. The van der Waals surface area contributed by atoms with Gasteiger partial charge in [-0.05, 0) is 38.5 Å². The average Bonchev–Trinajstić information content (AvgIpc) is 3.30. The predicted molar refractivity (Wildman–Crippen MR) is 107 cm³/mol. The van der Waals surface area contributed by atoms with E-state index in [9.17, 15) is 19.2 Å². The maximum atomic E-state index is 12.4. The summed E-state index contributed by atoms with van der Waals surface area (Å²) in [4.78, 5) is 49.0. The van der Waals surface area contributed by atoms with Crippen molar-refractivity contribution in [2.45, 2.75) is 39.5 Å². The van der Waals surface area contributed by atoms with E-state index in [0.717, 1.165) is 4.90 Å². The number of imide groups is 1. The standard InChI is InChI=1S/C20H23N5O5/c1-12(2)25-16(8-9-22-25)23-18(27)13(3)30-19(28)15-6-4-14(5-7-15)11-24-17(26)10-21-20(24)29/h4-9,12-13H,10-11H2,1-3H3,(H,21,29)(H,23,27). The monoisotopic (exact) mass is 413 g/mol. The fourth-order valence-corrected chi connectivity index (χ4v) is 2.88. The lowest BCUT2D eigenvalue weighted by molar-refractivity contribution is -0.125. The summed E-state index contributed by atoms with van der Waals surface area (Å²) in [6.45, 7) is 5.45. The first-order chi connectivity index (χ1) is 14.3. The van der Waals surface area contributed by atoms with Crippen molar-refractivity contribution in [2.75, 3.05) is 11.9 Å². The van der Waals surface area contributed by atoms with Crippen molar-refractivity contribution in [2.24, 2.45) is 0 Å². The number of benzene rings is 1. The highest BCUT2D eigenvalue weighted by molar-refractivity contribution is 6.02.